The van der Waals surface area contributed by atoms with E-state index >= 15 is 0 Å². The maximum absolute atomic E-state index is 9.43. The van der Waals surface area contributed by atoms with Crippen molar-refractivity contribution in [2.45, 2.75) is 26.2 Å². The number of aromatic nitrogens is 4. The Hall–Kier alpha value is -5.29. The van der Waals surface area contributed by atoms with Crippen molar-refractivity contribution in [1.82, 2.24) is 19.1 Å². The van der Waals surface area contributed by atoms with E-state index in [1.807, 2.05) is 26.8 Å². The zero-order chi connectivity index (χ0) is 45.7. The van der Waals surface area contributed by atoms with Crippen molar-refractivity contribution in [2.24, 2.45) is 0 Å². The number of thiophene rings is 1. The van der Waals surface area contributed by atoms with E-state index in [4.69, 9.17) is 17.1 Å². The Balaban J connectivity index is 0.00000533. The van der Waals surface area contributed by atoms with Crippen LogP contribution in [0, 0.1) is 12.1 Å². The van der Waals surface area contributed by atoms with Crippen molar-refractivity contribution >= 4 is 75.1 Å². The van der Waals surface area contributed by atoms with Crippen molar-refractivity contribution in [1.29, 1.82) is 0 Å². The van der Waals surface area contributed by atoms with E-state index in [2.05, 4.69) is 22.1 Å². The minimum Gasteiger partial charge on any atom is -0.509 e. The molecule has 5 aromatic carbocycles. The molecule has 248 valence electrons. The van der Waals surface area contributed by atoms with Crippen LogP contribution in [0.1, 0.15) is 45.5 Å². The van der Waals surface area contributed by atoms with Gasteiger partial charge >= 0.3 is 21.1 Å². The average Bonchev–Trinajstić information content (AvgIpc) is 3.95. The van der Waals surface area contributed by atoms with E-state index in [-0.39, 0.29) is 126 Å². The topological polar surface area (TPSA) is 44.9 Å². The second-order valence-corrected chi connectivity index (χ2v) is 13.7. The summed E-state index contributed by atoms with van der Waals surface area (Å²) in [6.45, 7) is 6.00. The van der Waals surface area contributed by atoms with Crippen LogP contribution in [-0.4, -0.2) is 19.1 Å². The van der Waals surface area contributed by atoms with Gasteiger partial charge in [-0.3, -0.25) is 0 Å². The molecule has 5 heterocycles. The van der Waals surface area contributed by atoms with Gasteiger partial charge in [-0.25, -0.2) is 9.97 Å². The van der Waals surface area contributed by atoms with E-state index < -0.39 is 71.9 Å². The Kier molecular flexibility index (Phi) is 4.65. The quantitative estimate of drug-likeness (QED) is 0.166. The molecule has 0 bridgehead atoms. The van der Waals surface area contributed by atoms with Crippen LogP contribution in [0.3, 0.4) is 0 Å². The largest absolute Gasteiger partial charge is 2.00 e. The molecule has 0 unspecified atom stereocenters. The van der Waals surface area contributed by atoms with Crippen molar-refractivity contribution in [3.05, 3.63) is 145 Å². The smallest absolute Gasteiger partial charge is 0.509 e. The Morgan fingerprint density at radius 1 is 0.667 bits per heavy atom. The molecule has 7 heteroatoms. The fraction of sp³-hybridized carbons (Fsp3) is 0.0909. The minimum atomic E-state index is -0.548. The predicted molar refractivity (Wildman–Crippen MR) is 206 cm³/mol. The van der Waals surface area contributed by atoms with Gasteiger partial charge in [-0.15, -0.1) is 46.3 Å². The van der Waals surface area contributed by atoms with Crippen LogP contribution in [0.25, 0.3) is 75.4 Å². The number of nitrogens with zero attached hydrogens (tertiary/aromatic N) is 4. The molecule has 0 saturated carbocycles. The zero-order valence-corrected chi connectivity index (χ0v) is 30.1. The van der Waals surface area contributed by atoms with E-state index in [0.29, 0.717) is 0 Å². The predicted octanol–water partition coefficient (Wildman–Crippen LogP) is 11.7. The van der Waals surface area contributed by atoms with E-state index in [1.54, 1.807) is 35.0 Å². The van der Waals surface area contributed by atoms with Gasteiger partial charge in [-0.1, -0.05) is 80.2 Å². The molecule has 0 aliphatic rings. The van der Waals surface area contributed by atoms with Gasteiger partial charge < -0.3 is 13.9 Å². The van der Waals surface area contributed by atoms with E-state index in [0.717, 1.165) is 16.9 Å². The Morgan fingerprint density at radius 2 is 1.35 bits per heavy atom. The van der Waals surface area contributed by atoms with Crippen LogP contribution in [0.5, 0.6) is 11.5 Å². The van der Waals surface area contributed by atoms with E-state index in [9.17, 15) is 6.85 Å². The first-order valence-corrected chi connectivity index (χ1v) is 16.4. The molecule has 0 aliphatic carbocycles. The number of hydrogen-bond donors (Lipinski definition) is 0. The van der Waals surface area contributed by atoms with Gasteiger partial charge in [0.2, 0.25) is 0 Å². The zero-order valence-electron chi connectivity index (χ0n) is 41.0. The van der Waals surface area contributed by atoms with Crippen LogP contribution in [0.2, 0.25) is 0 Å². The number of para-hydroxylation sites is 1. The molecular formula is C44H30N4OPtS. The number of fused-ring (bicyclic) bond motifs is 10. The standard InChI is InChI=1S/C44H30N4OS.Pt/c1-44(2,3)27-21-23-46-41(24-27)47-35-12-6-4-10-30(35)31-17-15-28(25-36(31)47)49-29-16-18-32-33-19-20-39-42(34-11-5-7-13-38(34)50-39)43(33)48(37(32)26-29)40-14-8-9-22-45-40;/h4-24H,1-3H3;/q-2;+2/i4D,5D,6D,7D,10D,11D,12D,13D,15D,16D,17D,18D,19D,20D;. The molecule has 10 rings (SSSR count). The Morgan fingerprint density at radius 3 is 2.12 bits per heavy atom. The molecule has 0 saturated heterocycles. The summed E-state index contributed by atoms with van der Waals surface area (Å²) >= 11 is 0.952. The summed E-state index contributed by atoms with van der Waals surface area (Å²) in [5, 5.41) is 0.363. The SMILES string of the molecule is [2H]c1c([2H])c([2H])c2c(sc3c([2H])c([2H])c4c5c([2H])c([2H])c(Oc6[c-]c7c(c([2H])c6[2H])c6c([2H])c([2H])c([2H])c([2H])c6n7-c6cc(C(C)(C)C)ccn6)[c-]c5n(-c5ccccn5)c4c32)c1[2H].[Pt+2]. The maximum Gasteiger partial charge on any atom is 2.00 e. The molecule has 0 atom stereocenters. The number of hydrogen-bond acceptors (Lipinski definition) is 4. The van der Waals surface area contributed by atoms with Crippen molar-refractivity contribution < 1.29 is 45.0 Å². The summed E-state index contributed by atoms with van der Waals surface area (Å²) < 4.78 is 135. The van der Waals surface area contributed by atoms with Crippen LogP contribution in [-0.2, 0) is 26.5 Å². The van der Waals surface area contributed by atoms with Gasteiger partial charge in [0, 0.05) is 52.3 Å². The van der Waals surface area contributed by atoms with Gasteiger partial charge in [0.1, 0.15) is 11.6 Å². The normalized spacial score (nSPS) is 15.9. The molecule has 0 radical (unpaired) electrons. The number of rotatable bonds is 4. The van der Waals surface area contributed by atoms with Gasteiger partial charge in [0.15, 0.2) is 0 Å². The molecule has 0 spiro atoms. The number of benzene rings is 5. The van der Waals surface area contributed by atoms with Crippen LogP contribution in [0.15, 0.2) is 127 Å². The fourth-order valence-electron chi connectivity index (χ4n) is 6.33. The molecule has 51 heavy (non-hydrogen) atoms. The summed E-state index contributed by atoms with van der Waals surface area (Å²) in [5.41, 5.74) is 0.783. The molecule has 0 fully saturated rings. The first-order valence-electron chi connectivity index (χ1n) is 22.6. The molecule has 10 aromatic rings. The van der Waals surface area contributed by atoms with Gasteiger partial charge in [0.25, 0.3) is 0 Å². The molecule has 5 aromatic heterocycles. The number of pyridine rings is 2. The summed E-state index contributed by atoms with van der Waals surface area (Å²) in [4.78, 5) is 9.13. The van der Waals surface area contributed by atoms with E-state index in [1.165, 1.54) is 10.8 Å². The van der Waals surface area contributed by atoms with Gasteiger partial charge in [-0.05, 0) is 66.9 Å². The van der Waals surface area contributed by atoms with Crippen LogP contribution in [0.4, 0.5) is 0 Å². The summed E-state index contributed by atoms with van der Waals surface area (Å²) in [6, 6.07) is 8.58. The molecular weight excluding hydrogens is 828 g/mol. The second kappa shape index (κ2) is 11.9. The van der Waals surface area contributed by atoms with Gasteiger partial charge in [-0.2, -0.15) is 12.1 Å². The first-order chi connectivity index (χ1) is 30.3. The summed E-state index contributed by atoms with van der Waals surface area (Å²) in [7, 11) is 0. The third-order valence-corrected chi connectivity index (χ3v) is 9.65. The Labute approximate surface area is 332 Å². The maximum atomic E-state index is 9.43. The van der Waals surface area contributed by atoms with Crippen LogP contribution < -0.4 is 4.74 Å². The van der Waals surface area contributed by atoms with Crippen LogP contribution >= 0.6 is 11.3 Å². The third-order valence-electron chi connectivity index (χ3n) is 8.63. The minimum absolute atomic E-state index is 0. The molecule has 0 N–H and O–H groups in total. The Bertz CT molecular complexity index is 3750. The van der Waals surface area contributed by atoms with Crippen molar-refractivity contribution in [3.8, 4) is 23.1 Å². The number of ether oxygens (including phenoxy) is 1. The van der Waals surface area contributed by atoms with Crippen molar-refractivity contribution in [2.75, 3.05) is 0 Å². The molecule has 0 aliphatic heterocycles. The molecule has 5 nitrogen and oxygen atoms in total. The van der Waals surface area contributed by atoms with Crippen molar-refractivity contribution in [3.63, 3.8) is 0 Å². The van der Waals surface area contributed by atoms with Gasteiger partial charge in [0.05, 0.1) is 19.2 Å². The second-order valence-electron chi connectivity index (χ2n) is 12.7. The monoisotopic (exact) mass is 871 g/mol. The first kappa shape index (κ1) is 19.9. The third kappa shape index (κ3) is 5.00. The summed E-state index contributed by atoms with van der Waals surface area (Å²) in [6.07, 6.45) is 3.08. The fourth-order valence-corrected chi connectivity index (χ4v) is 7.30. The average molecular weight is 872 g/mol. The summed E-state index contributed by atoms with van der Waals surface area (Å²) in [5.74, 6) is -0.301. The molecule has 0 amide bonds.